The van der Waals surface area contributed by atoms with Crippen molar-refractivity contribution < 1.29 is 19.1 Å². The van der Waals surface area contributed by atoms with Crippen LogP contribution in [0.2, 0.25) is 0 Å². The minimum Gasteiger partial charge on any atom is -0.496 e. The Kier molecular flexibility index (Phi) is 5.17. The Bertz CT molecular complexity index is 980. The molecule has 0 saturated heterocycles. The second-order valence-corrected chi connectivity index (χ2v) is 8.26. The maximum atomic E-state index is 12.8. The SMILES string of the molecule is COc1cc2c(cc1-c1cnn(C3CC3)c1)N(C(=O)OC(C)C)CC(C)N2C(C)=O. The minimum absolute atomic E-state index is 0.0861. The third-order valence-electron chi connectivity index (χ3n) is 5.46. The number of amides is 2. The van der Waals surface area contributed by atoms with Gasteiger partial charge in [0.2, 0.25) is 5.91 Å². The fourth-order valence-corrected chi connectivity index (χ4v) is 3.98. The fraction of sp³-hybridized carbons (Fsp3) is 0.500. The molecule has 1 aliphatic heterocycles. The van der Waals surface area contributed by atoms with Crippen LogP contribution >= 0.6 is 0 Å². The Balaban J connectivity index is 1.84. The van der Waals surface area contributed by atoms with Gasteiger partial charge in [0.05, 0.1) is 42.9 Å². The molecule has 2 aliphatic rings. The quantitative estimate of drug-likeness (QED) is 0.759. The first-order valence-electron chi connectivity index (χ1n) is 10.3. The van der Waals surface area contributed by atoms with Gasteiger partial charge in [0, 0.05) is 36.9 Å². The highest BCUT2D eigenvalue weighted by atomic mass is 16.6. The third-order valence-corrected chi connectivity index (χ3v) is 5.46. The zero-order valence-electron chi connectivity index (χ0n) is 18.1. The van der Waals surface area contributed by atoms with Crippen LogP contribution in [0.15, 0.2) is 24.5 Å². The molecular formula is C22H28N4O4. The Hall–Kier alpha value is -3.03. The van der Waals surface area contributed by atoms with Crippen molar-refractivity contribution in [3.63, 3.8) is 0 Å². The van der Waals surface area contributed by atoms with Crippen molar-refractivity contribution >= 4 is 23.4 Å². The van der Waals surface area contributed by atoms with Crippen molar-refractivity contribution in [2.75, 3.05) is 23.5 Å². The molecule has 4 rings (SSSR count). The molecule has 8 heteroatoms. The van der Waals surface area contributed by atoms with Crippen LogP contribution in [0.4, 0.5) is 16.2 Å². The smallest absolute Gasteiger partial charge is 0.414 e. The lowest BCUT2D eigenvalue weighted by Crippen LogP contribution is -2.51. The number of ether oxygens (including phenoxy) is 2. The maximum absolute atomic E-state index is 12.8. The van der Waals surface area contributed by atoms with Crippen molar-refractivity contribution in [2.24, 2.45) is 0 Å². The molecule has 0 radical (unpaired) electrons. The van der Waals surface area contributed by atoms with E-state index >= 15 is 0 Å². The molecule has 0 bridgehead atoms. The second-order valence-electron chi connectivity index (χ2n) is 8.26. The number of anilines is 2. The van der Waals surface area contributed by atoms with Crippen LogP contribution in [0.1, 0.15) is 46.6 Å². The average molecular weight is 412 g/mol. The topological polar surface area (TPSA) is 76.9 Å². The zero-order chi connectivity index (χ0) is 21.6. The van der Waals surface area contributed by atoms with Crippen LogP contribution in [0.5, 0.6) is 5.75 Å². The summed E-state index contributed by atoms with van der Waals surface area (Å²) in [6.07, 6.45) is 5.44. The van der Waals surface area contributed by atoms with E-state index < -0.39 is 6.09 Å². The van der Waals surface area contributed by atoms with E-state index in [4.69, 9.17) is 9.47 Å². The molecule has 160 valence electrons. The second kappa shape index (κ2) is 7.66. The van der Waals surface area contributed by atoms with Crippen molar-refractivity contribution in [1.82, 2.24) is 9.78 Å². The van der Waals surface area contributed by atoms with E-state index in [0.717, 1.165) is 24.0 Å². The summed E-state index contributed by atoms with van der Waals surface area (Å²) in [5.41, 5.74) is 3.00. The van der Waals surface area contributed by atoms with Gasteiger partial charge in [0.25, 0.3) is 0 Å². The fourth-order valence-electron chi connectivity index (χ4n) is 3.98. The minimum atomic E-state index is -0.425. The molecule has 1 aromatic heterocycles. The largest absolute Gasteiger partial charge is 0.496 e. The summed E-state index contributed by atoms with van der Waals surface area (Å²) in [4.78, 5) is 28.6. The van der Waals surface area contributed by atoms with Crippen molar-refractivity contribution in [3.8, 4) is 16.9 Å². The monoisotopic (exact) mass is 412 g/mol. The van der Waals surface area contributed by atoms with E-state index in [9.17, 15) is 9.59 Å². The first-order chi connectivity index (χ1) is 14.3. The van der Waals surface area contributed by atoms with Crippen molar-refractivity contribution in [1.29, 1.82) is 0 Å². The van der Waals surface area contributed by atoms with E-state index in [1.807, 2.05) is 50.0 Å². The van der Waals surface area contributed by atoms with Gasteiger partial charge in [-0.15, -0.1) is 0 Å². The van der Waals surface area contributed by atoms with Gasteiger partial charge in [-0.2, -0.15) is 5.10 Å². The van der Waals surface area contributed by atoms with E-state index in [1.165, 1.54) is 6.92 Å². The number of carbonyl (C=O) groups excluding carboxylic acids is 2. The maximum Gasteiger partial charge on any atom is 0.414 e. The van der Waals surface area contributed by atoms with Gasteiger partial charge in [-0.25, -0.2) is 4.79 Å². The number of fused-ring (bicyclic) bond motifs is 1. The first kappa shape index (κ1) is 20.3. The standard InChI is InChI=1S/C22H28N4O4/c1-13(2)30-22(28)24-11-14(3)26(15(4)27)20-9-21(29-5)18(8-19(20)24)16-10-23-25(12-16)17-6-7-17/h8-10,12-14,17H,6-7,11H2,1-5H3. The Morgan fingerprint density at radius 3 is 2.53 bits per heavy atom. The molecule has 1 saturated carbocycles. The van der Waals surface area contributed by atoms with Crippen LogP contribution in [0, 0.1) is 0 Å². The molecule has 1 fully saturated rings. The van der Waals surface area contributed by atoms with Crippen LogP contribution in [-0.2, 0) is 9.53 Å². The lowest BCUT2D eigenvalue weighted by atomic mass is 10.0. The average Bonchev–Trinajstić information content (AvgIpc) is 3.42. The van der Waals surface area contributed by atoms with Gasteiger partial charge in [-0.05, 0) is 39.7 Å². The van der Waals surface area contributed by atoms with Gasteiger partial charge in [0.1, 0.15) is 5.75 Å². The summed E-state index contributed by atoms with van der Waals surface area (Å²) < 4.78 is 13.1. The van der Waals surface area contributed by atoms with Gasteiger partial charge >= 0.3 is 6.09 Å². The van der Waals surface area contributed by atoms with Crippen molar-refractivity contribution in [3.05, 3.63) is 24.5 Å². The van der Waals surface area contributed by atoms with Crippen molar-refractivity contribution in [2.45, 2.75) is 58.7 Å². The number of nitrogens with zero attached hydrogens (tertiary/aromatic N) is 4. The molecule has 2 amide bonds. The molecule has 1 unspecified atom stereocenters. The summed E-state index contributed by atoms with van der Waals surface area (Å²) in [6, 6.07) is 3.99. The first-order valence-corrected chi connectivity index (χ1v) is 10.3. The molecule has 1 atom stereocenters. The zero-order valence-corrected chi connectivity index (χ0v) is 18.1. The van der Waals surface area contributed by atoms with Crippen LogP contribution in [0.25, 0.3) is 11.1 Å². The number of benzene rings is 1. The molecule has 1 aliphatic carbocycles. The summed E-state index contributed by atoms with van der Waals surface area (Å²) in [5.74, 6) is 0.540. The summed E-state index contributed by atoms with van der Waals surface area (Å²) in [7, 11) is 1.60. The molecule has 2 aromatic rings. The van der Waals surface area contributed by atoms with Gasteiger partial charge in [-0.3, -0.25) is 14.4 Å². The molecule has 2 heterocycles. The molecule has 1 aromatic carbocycles. The Morgan fingerprint density at radius 1 is 1.20 bits per heavy atom. The Labute approximate surface area is 176 Å². The van der Waals surface area contributed by atoms with Gasteiger partial charge < -0.3 is 14.4 Å². The molecule has 0 N–H and O–H groups in total. The normalized spacial score (nSPS) is 18.4. The van der Waals surface area contributed by atoms with E-state index in [2.05, 4.69) is 5.10 Å². The van der Waals surface area contributed by atoms with Crippen LogP contribution in [-0.4, -0.2) is 47.6 Å². The highest BCUT2D eigenvalue weighted by Crippen LogP contribution is 2.45. The van der Waals surface area contributed by atoms with Crippen LogP contribution in [0.3, 0.4) is 0 Å². The van der Waals surface area contributed by atoms with Gasteiger partial charge in [-0.1, -0.05) is 0 Å². The third kappa shape index (κ3) is 3.62. The van der Waals surface area contributed by atoms with Crippen LogP contribution < -0.4 is 14.5 Å². The predicted molar refractivity (Wildman–Crippen MR) is 114 cm³/mol. The molecular weight excluding hydrogens is 384 g/mol. The van der Waals surface area contributed by atoms with E-state index in [-0.39, 0.29) is 18.1 Å². The highest BCUT2D eigenvalue weighted by Gasteiger charge is 2.36. The number of aromatic nitrogens is 2. The van der Waals surface area contributed by atoms with E-state index in [0.29, 0.717) is 29.7 Å². The number of hydrogen-bond donors (Lipinski definition) is 0. The number of methoxy groups -OCH3 is 1. The van der Waals surface area contributed by atoms with E-state index in [1.54, 1.807) is 16.9 Å². The number of hydrogen-bond acceptors (Lipinski definition) is 5. The predicted octanol–water partition coefficient (Wildman–Crippen LogP) is 4.00. The molecule has 30 heavy (non-hydrogen) atoms. The highest BCUT2D eigenvalue weighted by molar-refractivity contribution is 6.04. The summed E-state index contributed by atoms with van der Waals surface area (Å²) in [5, 5.41) is 4.48. The lowest BCUT2D eigenvalue weighted by molar-refractivity contribution is -0.117. The Morgan fingerprint density at radius 2 is 1.93 bits per heavy atom. The lowest BCUT2D eigenvalue weighted by Gasteiger charge is -2.40. The number of carbonyl (C=O) groups is 2. The summed E-state index contributed by atoms with van der Waals surface area (Å²) >= 11 is 0. The molecule has 8 nitrogen and oxygen atoms in total. The molecule has 0 spiro atoms. The number of rotatable bonds is 4. The summed E-state index contributed by atoms with van der Waals surface area (Å²) in [6.45, 7) is 7.44. The van der Waals surface area contributed by atoms with Gasteiger partial charge in [0.15, 0.2) is 0 Å².